The van der Waals surface area contributed by atoms with Crippen LogP contribution in [-0.2, 0) is 14.3 Å². The second kappa shape index (κ2) is 10.3. The van der Waals surface area contributed by atoms with E-state index < -0.39 is 6.04 Å². The SMILES string of the molecule is CC1=C(C(=O)OC(C)C)C(c2cccc(NC(=O)CCC3CCCC3)c2)NC(=S)N1C. The molecule has 0 spiro atoms. The number of rotatable bonds is 7. The average molecular weight is 444 g/mol. The van der Waals surface area contributed by atoms with Gasteiger partial charge in [-0.2, -0.15) is 0 Å². The molecule has 0 bridgehead atoms. The molecule has 1 aliphatic heterocycles. The summed E-state index contributed by atoms with van der Waals surface area (Å²) >= 11 is 5.46. The van der Waals surface area contributed by atoms with E-state index in [0.29, 0.717) is 23.0 Å². The zero-order valence-electron chi connectivity index (χ0n) is 18.9. The summed E-state index contributed by atoms with van der Waals surface area (Å²) in [7, 11) is 1.82. The molecule has 31 heavy (non-hydrogen) atoms. The molecule has 3 rings (SSSR count). The van der Waals surface area contributed by atoms with E-state index in [1.54, 1.807) is 4.90 Å². The highest BCUT2D eigenvalue weighted by Crippen LogP contribution is 2.32. The molecule has 1 aromatic rings. The number of hydrogen-bond donors (Lipinski definition) is 2. The molecule has 7 heteroatoms. The fourth-order valence-corrected chi connectivity index (χ4v) is 4.54. The molecular formula is C24H33N3O3S. The third kappa shape index (κ3) is 5.85. The van der Waals surface area contributed by atoms with Gasteiger partial charge in [-0.05, 0) is 63.0 Å². The molecule has 0 aromatic heterocycles. The third-order valence-electron chi connectivity index (χ3n) is 6.07. The molecule has 1 unspecified atom stereocenters. The monoisotopic (exact) mass is 443 g/mol. The molecular weight excluding hydrogens is 410 g/mol. The lowest BCUT2D eigenvalue weighted by Crippen LogP contribution is -2.46. The molecule has 0 saturated heterocycles. The largest absolute Gasteiger partial charge is 0.459 e. The van der Waals surface area contributed by atoms with Crippen LogP contribution in [0.5, 0.6) is 0 Å². The Bertz CT molecular complexity index is 875. The summed E-state index contributed by atoms with van der Waals surface area (Å²) in [5.74, 6) is 0.344. The van der Waals surface area contributed by atoms with Crippen LogP contribution >= 0.6 is 12.2 Å². The topological polar surface area (TPSA) is 70.7 Å². The molecule has 1 aliphatic carbocycles. The number of hydrogen-bond acceptors (Lipinski definition) is 4. The standard InChI is InChI=1S/C24H33N3O3S/c1-15(2)30-23(29)21-16(3)27(4)24(31)26-22(21)18-10-7-11-19(14-18)25-20(28)13-12-17-8-5-6-9-17/h7,10-11,14-15,17,22H,5-6,8-9,12-13H2,1-4H3,(H,25,28)(H,26,31). The minimum absolute atomic E-state index is 0.0297. The Balaban J connectivity index is 1.77. The number of allylic oxidation sites excluding steroid dienone is 1. The molecule has 2 N–H and O–H groups in total. The highest BCUT2D eigenvalue weighted by atomic mass is 32.1. The van der Waals surface area contributed by atoms with Gasteiger partial charge in [-0.3, -0.25) is 4.79 Å². The molecule has 6 nitrogen and oxygen atoms in total. The quantitative estimate of drug-likeness (QED) is 0.471. The Morgan fingerprint density at radius 3 is 2.68 bits per heavy atom. The molecule has 2 aliphatic rings. The van der Waals surface area contributed by atoms with Gasteiger partial charge in [0.15, 0.2) is 5.11 Å². The number of carbonyl (C=O) groups excluding carboxylic acids is 2. The van der Waals surface area contributed by atoms with Crippen molar-refractivity contribution in [2.75, 3.05) is 12.4 Å². The van der Waals surface area contributed by atoms with Crippen molar-refractivity contribution in [2.24, 2.45) is 5.92 Å². The van der Waals surface area contributed by atoms with Gasteiger partial charge in [-0.25, -0.2) is 4.79 Å². The van der Waals surface area contributed by atoms with E-state index in [4.69, 9.17) is 17.0 Å². The van der Waals surface area contributed by atoms with Gasteiger partial charge in [0.05, 0.1) is 17.7 Å². The van der Waals surface area contributed by atoms with Crippen molar-refractivity contribution in [3.8, 4) is 0 Å². The van der Waals surface area contributed by atoms with Gasteiger partial charge in [-0.1, -0.05) is 37.8 Å². The van der Waals surface area contributed by atoms with Gasteiger partial charge in [0.25, 0.3) is 0 Å². The second-order valence-corrected chi connectivity index (χ2v) is 9.14. The first-order valence-corrected chi connectivity index (χ1v) is 11.5. The fourth-order valence-electron chi connectivity index (χ4n) is 4.28. The third-order valence-corrected chi connectivity index (χ3v) is 6.47. The Morgan fingerprint density at radius 2 is 2.00 bits per heavy atom. The fraction of sp³-hybridized carbons (Fsp3) is 0.542. The van der Waals surface area contributed by atoms with Crippen LogP contribution in [0.1, 0.15) is 70.9 Å². The number of carbonyl (C=O) groups is 2. The predicted octanol–water partition coefficient (Wildman–Crippen LogP) is 4.68. The van der Waals surface area contributed by atoms with Crippen LogP contribution in [0.15, 0.2) is 35.5 Å². The molecule has 0 radical (unpaired) electrons. The van der Waals surface area contributed by atoms with Gasteiger partial charge >= 0.3 is 5.97 Å². The summed E-state index contributed by atoms with van der Waals surface area (Å²) < 4.78 is 5.49. The summed E-state index contributed by atoms with van der Waals surface area (Å²) in [4.78, 5) is 27.1. The van der Waals surface area contributed by atoms with Crippen molar-refractivity contribution in [1.82, 2.24) is 10.2 Å². The Labute approximate surface area is 190 Å². The molecule has 1 fully saturated rings. The van der Waals surface area contributed by atoms with Crippen LogP contribution in [-0.4, -0.2) is 35.0 Å². The van der Waals surface area contributed by atoms with Gasteiger partial charge < -0.3 is 20.3 Å². The van der Waals surface area contributed by atoms with Gasteiger partial charge in [0, 0.05) is 24.9 Å². The highest BCUT2D eigenvalue weighted by Gasteiger charge is 2.34. The lowest BCUT2D eigenvalue weighted by atomic mass is 9.94. The Morgan fingerprint density at radius 1 is 1.29 bits per heavy atom. The minimum atomic E-state index is -0.440. The zero-order chi connectivity index (χ0) is 22.5. The van der Waals surface area contributed by atoms with Gasteiger partial charge in [0.1, 0.15) is 0 Å². The van der Waals surface area contributed by atoms with Crippen LogP contribution in [0.2, 0.25) is 0 Å². The number of nitrogens with one attached hydrogen (secondary N) is 2. The van der Waals surface area contributed by atoms with Gasteiger partial charge in [0.2, 0.25) is 5.91 Å². The first-order valence-electron chi connectivity index (χ1n) is 11.1. The lowest BCUT2D eigenvalue weighted by Gasteiger charge is -2.35. The first kappa shape index (κ1) is 23.3. The van der Waals surface area contributed by atoms with Crippen LogP contribution in [0.4, 0.5) is 5.69 Å². The van der Waals surface area contributed by atoms with E-state index in [9.17, 15) is 9.59 Å². The molecule has 1 heterocycles. The lowest BCUT2D eigenvalue weighted by molar-refractivity contribution is -0.143. The van der Waals surface area contributed by atoms with E-state index in [0.717, 1.165) is 23.4 Å². The second-order valence-electron chi connectivity index (χ2n) is 8.76. The summed E-state index contributed by atoms with van der Waals surface area (Å²) in [6, 6.07) is 7.13. The summed E-state index contributed by atoms with van der Waals surface area (Å²) in [5.41, 5.74) is 2.84. The zero-order valence-corrected chi connectivity index (χ0v) is 19.7. The van der Waals surface area contributed by atoms with Gasteiger partial charge in [-0.15, -0.1) is 0 Å². The number of thiocarbonyl (C=S) groups is 1. The van der Waals surface area contributed by atoms with Crippen molar-refractivity contribution in [3.05, 3.63) is 41.1 Å². The van der Waals surface area contributed by atoms with Crippen LogP contribution in [0, 0.1) is 5.92 Å². The maximum Gasteiger partial charge on any atom is 0.338 e. The number of benzene rings is 1. The number of anilines is 1. The molecule has 1 amide bonds. The maximum absolute atomic E-state index is 12.9. The van der Waals surface area contributed by atoms with Crippen molar-refractivity contribution < 1.29 is 14.3 Å². The van der Waals surface area contributed by atoms with E-state index >= 15 is 0 Å². The van der Waals surface area contributed by atoms with Crippen LogP contribution in [0.3, 0.4) is 0 Å². The van der Waals surface area contributed by atoms with Crippen molar-refractivity contribution >= 4 is 34.9 Å². The van der Waals surface area contributed by atoms with Crippen molar-refractivity contribution in [3.63, 3.8) is 0 Å². The minimum Gasteiger partial charge on any atom is -0.459 e. The van der Waals surface area contributed by atoms with E-state index in [1.165, 1.54) is 25.7 Å². The van der Waals surface area contributed by atoms with Crippen LogP contribution in [0.25, 0.3) is 0 Å². The molecule has 168 valence electrons. The summed E-state index contributed by atoms with van der Waals surface area (Å²) in [6.07, 6.45) is 6.32. The van der Waals surface area contributed by atoms with Crippen molar-refractivity contribution in [2.45, 2.75) is 71.4 Å². The van der Waals surface area contributed by atoms with E-state index in [2.05, 4.69) is 10.6 Å². The Hall–Kier alpha value is -2.41. The number of nitrogens with zero attached hydrogens (tertiary/aromatic N) is 1. The smallest absolute Gasteiger partial charge is 0.338 e. The normalized spacial score (nSPS) is 19.6. The number of esters is 1. The maximum atomic E-state index is 12.9. The molecule has 1 saturated carbocycles. The first-order chi connectivity index (χ1) is 14.8. The number of ether oxygens (including phenoxy) is 1. The highest BCUT2D eigenvalue weighted by molar-refractivity contribution is 7.80. The van der Waals surface area contributed by atoms with Crippen molar-refractivity contribution in [1.29, 1.82) is 0 Å². The van der Waals surface area contributed by atoms with E-state index in [-0.39, 0.29) is 18.0 Å². The average Bonchev–Trinajstić information content (AvgIpc) is 3.23. The molecule has 1 atom stereocenters. The summed E-state index contributed by atoms with van der Waals surface area (Å²) in [6.45, 7) is 5.52. The van der Waals surface area contributed by atoms with E-state index in [1.807, 2.05) is 52.1 Å². The molecule has 1 aromatic carbocycles. The summed E-state index contributed by atoms with van der Waals surface area (Å²) in [5, 5.41) is 6.79. The predicted molar refractivity (Wildman–Crippen MR) is 126 cm³/mol. The Kier molecular flexibility index (Phi) is 7.70. The number of amides is 1. The van der Waals surface area contributed by atoms with Crippen LogP contribution < -0.4 is 10.6 Å².